The van der Waals surface area contributed by atoms with Crippen molar-refractivity contribution in [3.05, 3.63) is 28.8 Å². The standard InChI is InChI=1S/C38H80N.C9H11NO2/c1-5-7-8-9-10-11-12-13-14-15-16-17-18-19-20-21-22-23-24-25-26-27-28-29-30-31-32-33-34-35-36-37-38-39(3,4)6-2;1-5-6(2)8(10)4-3-7(5)9(11)12/h5-38H2,1-4H3;3-4H,10H2,1-2H3,(H,11,12)/q+1;/p-1. The topological polar surface area (TPSA) is 66.2 Å². The third kappa shape index (κ3) is 31.7. The predicted molar refractivity (Wildman–Crippen MR) is 226 cm³/mol. The molecule has 0 atom stereocenters. The van der Waals surface area contributed by atoms with E-state index in [1.54, 1.807) is 19.9 Å². The van der Waals surface area contributed by atoms with E-state index in [2.05, 4.69) is 27.9 Å². The first-order chi connectivity index (χ1) is 24.7. The first kappa shape index (κ1) is 49.5. The van der Waals surface area contributed by atoms with Crippen LogP contribution in [0.2, 0.25) is 0 Å². The maximum Gasteiger partial charge on any atom is 0.0782 e. The van der Waals surface area contributed by atoms with E-state index in [1.165, 1.54) is 229 Å². The maximum atomic E-state index is 10.5. The fraction of sp³-hybridized carbons (Fsp3) is 0.851. The van der Waals surface area contributed by atoms with Crippen molar-refractivity contribution in [3.8, 4) is 0 Å². The highest BCUT2D eigenvalue weighted by atomic mass is 16.4. The number of rotatable bonds is 35. The molecule has 300 valence electrons. The van der Waals surface area contributed by atoms with Crippen molar-refractivity contribution in [2.75, 3.05) is 32.9 Å². The third-order valence-electron chi connectivity index (χ3n) is 11.5. The second-order valence-electron chi connectivity index (χ2n) is 16.7. The molecule has 0 heterocycles. The predicted octanol–water partition coefficient (Wildman–Crippen LogP) is 13.8. The fourth-order valence-electron chi connectivity index (χ4n) is 7.14. The van der Waals surface area contributed by atoms with Gasteiger partial charge in [-0.2, -0.15) is 0 Å². The van der Waals surface area contributed by atoms with Gasteiger partial charge >= 0.3 is 0 Å². The van der Waals surface area contributed by atoms with Crippen LogP contribution in [0.3, 0.4) is 0 Å². The van der Waals surface area contributed by atoms with Crippen LogP contribution in [0.25, 0.3) is 0 Å². The molecule has 0 amide bonds. The lowest BCUT2D eigenvalue weighted by molar-refractivity contribution is -0.888. The number of nitrogens with zero attached hydrogens (tertiary/aromatic N) is 1. The van der Waals surface area contributed by atoms with Gasteiger partial charge in [-0.1, -0.05) is 206 Å². The lowest BCUT2D eigenvalue weighted by Gasteiger charge is -2.28. The van der Waals surface area contributed by atoms with E-state index in [0.29, 0.717) is 11.3 Å². The Morgan fingerprint density at radius 2 is 0.765 bits per heavy atom. The molecule has 4 nitrogen and oxygen atoms in total. The van der Waals surface area contributed by atoms with E-state index >= 15 is 0 Å². The first-order valence-electron chi connectivity index (χ1n) is 22.5. The van der Waals surface area contributed by atoms with Gasteiger partial charge in [0.15, 0.2) is 0 Å². The number of unbranched alkanes of at least 4 members (excludes halogenated alkanes) is 31. The number of nitrogen functional groups attached to an aromatic ring is 1. The van der Waals surface area contributed by atoms with Gasteiger partial charge in [0.25, 0.3) is 0 Å². The summed E-state index contributed by atoms with van der Waals surface area (Å²) in [4.78, 5) is 10.5. The number of carboxylic acids is 1. The van der Waals surface area contributed by atoms with Crippen molar-refractivity contribution < 1.29 is 14.4 Å². The van der Waals surface area contributed by atoms with Gasteiger partial charge in [-0.05, 0) is 50.8 Å². The smallest absolute Gasteiger partial charge is 0.0782 e. The summed E-state index contributed by atoms with van der Waals surface area (Å²) in [5.41, 5.74) is 7.87. The summed E-state index contributed by atoms with van der Waals surface area (Å²) < 4.78 is 1.19. The molecule has 1 aromatic carbocycles. The van der Waals surface area contributed by atoms with Crippen LogP contribution in [0.1, 0.15) is 241 Å². The summed E-state index contributed by atoms with van der Waals surface area (Å²) in [6.45, 7) is 10.7. The summed E-state index contributed by atoms with van der Waals surface area (Å²) in [5.74, 6) is -1.16. The number of benzene rings is 1. The monoisotopic (exact) mass is 715 g/mol. The van der Waals surface area contributed by atoms with Gasteiger partial charge < -0.3 is 20.1 Å². The van der Waals surface area contributed by atoms with Crippen LogP contribution in [0.4, 0.5) is 5.69 Å². The highest BCUT2D eigenvalue weighted by molar-refractivity contribution is 5.88. The van der Waals surface area contributed by atoms with Crippen LogP contribution >= 0.6 is 0 Å². The Morgan fingerprint density at radius 3 is 1.02 bits per heavy atom. The molecular formula is C47H90N2O2. The van der Waals surface area contributed by atoms with Crippen LogP contribution in [0.15, 0.2) is 12.1 Å². The zero-order valence-electron chi connectivity index (χ0n) is 35.5. The Labute approximate surface area is 320 Å². The second kappa shape index (κ2) is 35.5. The van der Waals surface area contributed by atoms with E-state index in [9.17, 15) is 9.90 Å². The summed E-state index contributed by atoms with van der Waals surface area (Å²) in [6, 6.07) is 3.04. The number of nitrogens with two attached hydrogens (primary N) is 1. The number of hydrogen-bond donors (Lipinski definition) is 1. The minimum absolute atomic E-state index is 0.210. The number of quaternary nitrogens is 1. The molecule has 0 aliphatic carbocycles. The number of carbonyl (C=O) groups excluding carboxylic acids is 1. The molecule has 0 saturated heterocycles. The van der Waals surface area contributed by atoms with E-state index in [-0.39, 0.29) is 5.56 Å². The summed E-state index contributed by atoms with van der Waals surface area (Å²) in [7, 11) is 4.73. The molecule has 0 aliphatic rings. The summed E-state index contributed by atoms with van der Waals surface area (Å²) in [6.07, 6.45) is 47.3. The average Bonchev–Trinajstić information content (AvgIpc) is 3.11. The van der Waals surface area contributed by atoms with Crippen LogP contribution in [-0.4, -0.2) is 37.6 Å². The van der Waals surface area contributed by atoms with E-state index in [0.717, 1.165) is 5.56 Å². The Balaban J connectivity index is 0.00000174. The molecule has 0 bridgehead atoms. The maximum absolute atomic E-state index is 10.5. The largest absolute Gasteiger partial charge is 0.545 e. The van der Waals surface area contributed by atoms with Gasteiger partial charge in [-0.25, -0.2) is 0 Å². The zero-order chi connectivity index (χ0) is 37.8. The Bertz CT molecular complexity index is 912. The van der Waals surface area contributed by atoms with Gasteiger partial charge in [-0.15, -0.1) is 0 Å². The van der Waals surface area contributed by atoms with Crippen molar-refractivity contribution in [1.82, 2.24) is 0 Å². The number of carboxylic acid groups (broad SMARTS) is 1. The van der Waals surface area contributed by atoms with E-state index < -0.39 is 5.97 Å². The molecule has 2 N–H and O–H groups in total. The van der Waals surface area contributed by atoms with Crippen LogP contribution in [0, 0.1) is 13.8 Å². The minimum Gasteiger partial charge on any atom is -0.545 e. The molecule has 0 fully saturated rings. The Kier molecular flexibility index (Phi) is 34.4. The highest BCUT2D eigenvalue weighted by Gasteiger charge is 2.10. The lowest BCUT2D eigenvalue weighted by atomic mass is 10.0. The SMILES string of the molecule is CCCCCCCCCCCCCCCCCCCCCCCCCCCCCCCCCC[N+](C)(C)CC.Cc1c(N)ccc(C(=O)[O-])c1C. The van der Waals surface area contributed by atoms with Gasteiger partial charge in [0.1, 0.15) is 0 Å². The Hall–Kier alpha value is -1.55. The quantitative estimate of drug-likeness (QED) is 0.0432. The first-order valence-corrected chi connectivity index (χ1v) is 22.5. The van der Waals surface area contributed by atoms with Gasteiger partial charge in [-0.3, -0.25) is 0 Å². The zero-order valence-corrected chi connectivity index (χ0v) is 35.5. The van der Waals surface area contributed by atoms with Crippen molar-refractivity contribution in [1.29, 1.82) is 0 Å². The molecule has 0 saturated carbocycles. The molecular weight excluding hydrogens is 625 g/mol. The van der Waals surface area contributed by atoms with Crippen molar-refractivity contribution in [2.24, 2.45) is 0 Å². The molecule has 51 heavy (non-hydrogen) atoms. The van der Waals surface area contributed by atoms with E-state index in [4.69, 9.17) is 5.73 Å². The molecule has 0 spiro atoms. The molecule has 4 heteroatoms. The van der Waals surface area contributed by atoms with Crippen molar-refractivity contribution in [2.45, 2.75) is 233 Å². The normalized spacial score (nSPS) is 11.5. The van der Waals surface area contributed by atoms with Crippen molar-refractivity contribution >= 4 is 11.7 Å². The fourth-order valence-corrected chi connectivity index (χ4v) is 7.14. The van der Waals surface area contributed by atoms with Gasteiger partial charge in [0.2, 0.25) is 0 Å². The van der Waals surface area contributed by atoms with Crippen molar-refractivity contribution in [3.63, 3.8) is 0 Å². The minimum atomic E-state index is -1.16. The molecule has 0 unspecified atom stereocenters. The summed E-state index contributed by atoms with van der Waals surface area (Å²) >= 11 is 0. The average molecular weight is 715 g/mol. The second-order valence-corrected chi connectivity index (χ2v) is 16.7. The number of hydrogen-bond acceptors (Lipinski definition) is 3. The molecule has 1 rings (SSSR count). The third-order valence-corrected chi connectivity index (χ3v) is 11.5. The molecule has 0 radical (unpaired) electrons. The van der Waals surface area contributed by atoms with Gasteiger partial charge in [0.05, 0.1) is 33.2 Å². The molecule has 0 aromatic heterocycles. The highest BCUT2D eigenvalue weighted by Crippen LogP contribution is 2.19. The van der Waals surface area contributed by atoms with Gasteiger partial charge in [0, 0.05) is 11.3 Å². The van der Waals surface area contributed by atoms with Crippen LogP contribution < -0.4 is 10.8 Å². The Morgan fingerprint density at radius 1 is 0.490 bits per heavy atom. The molecule has 1 aromatic rings. The van der Waals surface area contributed by atoms with Crippen LogP contribution in [-0.2, 0) is 0 Å². The number of aromatic carboxylic acids is 1. The number of anilines is 1. The molecule has 0 aliphatic heterocycles. The lowest BCUT2D eigenvalue weighted by Crippen LogP contribution is -2.39. The van der Waals surface area contributed by atoms with Crippen LogP contribution in [0.5, 0.6) is 0 Å². The van der Waals surface area contributed by atoms with E-state index in [1.807, 2.05) is 0 Å². The number of carbonyl (C=O) groups is 1. The summed E-state index contributed by atoms with van der Waals surface area (Å²) in [5, 5.41) is 10.5.